The molecule has 0 fully saturated rings. The van der Waals surface area contributed by atoms with Crippen LogP contribution in [0.1, 0.15) is 0 Å². The number of ether oxygens (including phenoxy) is 1. The van der Waals surface area contributed by atoms with E-state index in [9.17, 15) is 0 Å². The average Bonchev–Trinajstić information content (AvgIpc) is 2.50. The summed E-state index contributed by atoms with van der Waals surface area (Å²) < 4.78 is 5.91. The lowest BCUT2D eigenvalue weighted by Gasteiger charge is -2.10. The summed E-state index contributed by atoms with van der Waals surface area (Å²) in [4.78, 5) is 4.03. The first-order valence-corrected chi connectivity index (χ1v) is 6.07. The number of para-hydroxylation sites is 1. The zero-order chi connectivity index (χ0) is 12.9. The standard InChI is InChI=1S/C17H12NO/c1-2-6-15(7-3-1)19-17-9-5-4-8-16(17)14-10-12-18-13-11-14/h1-7,9-13H. The van der Waals surface area contributed by atoms with Crippen molar-refractivity contribution < 1.29 is 4.74 Å². The zero-order valence-corrected chi connectivity index (χ0v) is 10.3. The number of nitrogens with zero attached hydrogens (tertiary/aromatic N) is 1. The second kappa shape index (κ2) is 5.36. The molecule has 0 N–H and O–H groups in total. The summed E-state index contributed by atoms with van der Waals surface area (Å²) in [5.74, 6) is 1.61. The van der Waals surface area contributed by atoms with Crippen molar-refractivity contribution in [2.45, 2.75) is 0 Å². The van der Waals surface area contributed by atoms with E-state index >= 15 is 0 Å². The first-order valence-electron chi connectivity index (χ1n) is 6.07. The molecule has 0 atom stereocenters. The smallest absolute Gasteiger partial charge is 0.135 e. The van der Waals surface area contributed by atoms with Crippen LogP contribution in [0.3, 0.4) is 0 Å². The van der Waals surface area contributed by atoms with Gasteiger partial charge in [-0.25, -0.2) is 0 Å². The van der Waals surface area contributed by atoms with E-state index in [4.69, 9.17) is 4.74 Å². The highest BCUT2D eigenvalue weighted by Crippen LogP contribution is 2.32. The fourth-order valence-electron chi connectivity index (χ4n) is 1.87. The third kappa shape index (κ3) is 2.63. The van der Waals surface area contributed by atoms with E-state index in [0.717, 1.165) is 22.6 Å². The van der Waals surface area contributed by atoms with Crippen LogP contribution < -0.4 is 4.74 Å². The lowest BCUT2D eigenvalue weighted by atomic mass is 10.1. The normalized spacial score (nSPS) is 10.1. The molecule has 0 amide bonds. The molecule has 0 aliphatic heterocycles. The summed E-state index contributed by atoms with van der Waals surface area (Å²) in [6.07, 6.45) is 3.53. The molecule has 0 aliphatic carbocycles. The summed E-state index contributed by atoms with van der Waals surface area (Å²) in [5.41, 5.74) is 1.98. The molecule has 19 heavy (non-hydrogen) atoms. The van der Waals surface area contributed by atoms with Gasteiger partial charge in [-0.05, 0) is 42.0 Å². The van der Waals surface area contributed by atoms with Crippen LogP contribution >= 0.6 is 0 Å². The molecular weight excluding hydrogens is 234 g/mol. The highest BCUT2D eigenvalue weighted by atomic mass is 16.5. The highest BCUT2D eigenvalue weighted by molar-refractivity contribution is 5.69. The summed E-state index contributed by atoms with van der Waals surface area (Å²) >= 11 is 0. The second-order valence-corrected chi connectivity index (χ2v) is 4.06. The molecule has 3 aromatic rings. The van der Waals surface area contributed by atoms with Crippen LogP contribution in [0.4, 0.5) is 0 Å². The number of aromatic nitrogens is 1. The monoisotopic (exact) mass is 246 g/mol. The maximum Gasteiger partial charge on any atom is 0.135 e. The average molecular weight is 246 g/mol. The third-order valence-electron chi connectivity index (χ3n) is 2.76. The predicted octanol–water partition coefficient (Wildman–Crippen LogP) is 4.34. The van der Waals surface area contributed by atoms with Gasteiger partial charge in [0, 0.05) is 18.0 Å². The fraction of sp³-hybridized carbons (Fsp3) is 0. The second-order valence-electron chi connectivity index (χ2n) is 4.06. The van der Waals surface area contributed by atoms with Gasteiger partial charge in [-0.2, -0.15) is 0 Å². The van der Waals surface area contributed by atoms with Gasteiger partial charge in [0.15, 0.2) is 0 Å². The van der Waals surface area contributed by atoms with Crippen molar-refractivity contribution in [3.05, 3.63) is 79.1 Å². The first kappa shape index (κ1) is 11.5. The number of hydrogen-bond donors (Lipinski definition) is 0. The van der Waals surface area contributed by atoms with Crippen molar-refractivity contribution in [3.8, 4) is 22.6 Å². The molecule has 1 radical (unpaired) electrons. The molecule has 2 aromatic carbocycles. The van der Waals surface area contributed by atoms with Crippen LogP contribution in [-0.4, -0.2) is 4.98 Å². The fourth-order valence-corrected chi connectivity index (χ4v) is 1.87. The molecule has 2 heteroatoms. The quantitative estimate of drug-likeness (QED) is 0.685. The Morgan fingerprint density at radius 1 is 0.842 bits per heavy atom. The van der Waals surface area contributed by atoms with E-state index in [0.29, 0.717) is 0 Å². The Bertz CT molecular complexity index is 650. The van der Waals surface area contributed by atoms with Crippen LogP contribution in [0.25, 0.3) is 11.1 Å². The van der Waals surface area contributed by atoms with E-state index in [1.807, 2.05) is 60.7 Å². The van der Waals surface area contributed by atoms with E-state index < -0.39 is 0 Å². The van der Waals surface area contributed by atoms with Gasteiger partial charge in [0.25, 0.3) is 0 Å². The number of benzene rings is 2. The maximum atomic E-state index is 5.91. The maximum absolute atomic E-state index is 5.91. The van der Waals surface area contributed by atoms with Crippen molar-refractivity contribution in [1.82, 2.24) is 4.98 Å². The van der Waals surface area contributed by atoms with Gasteiger partial charge < -0.3 is 4.74 Å². The van der Waals surface area contributed by atoms with Crippen molar-refractivity contribution >= 4 is 0 Å². The van der Waals surface area contributed by atoms with Gasteiger partial charge in [0.1, 0.15) is 11.5 Å². The summed E-state index contributed by atoms with van der Waals surface area (Å²) in [5, 5.41) is 0. The van der Waals surface area contributed by atoms with E-state index in [1.165, 1.54) is 0 Å². The Labute approximate surface area is 112 Å². The number of hydrogen-bond acceptors (Lipinski definition) is 2. The van der Waals surface area contributed by atoms with E-state index in [-0.39, 0.29) is 0 Å². The van der Waals surface area contributed by atoms with Crippen molar-refractivity contribution in [3.63, 3.8) is 0 Å². The van der Waals surface area contributed by atoms with Crippen LogP contribution in [0.15, 0.2) is 73.1 Å². The minimum atomic E-state index is 0.792. The van der Waals surface area contributed by atoms with Crippen molar-refractivity contribution in [1.29, 1.82) is 0 Å². The number of pyridine rings is 1. The molecule has 1 aromatic heterocycles. The Hall–Kier alpha value is -2.61. The largest absolute Gasteiger partial charge is 0.457 e. The molecule has 0 spiro atoms. The van der Waals surface area contributed by atoms with E-state index in [2.05, 4.69) is 11.1 Å². The topological polar surface area (TPSA) is 22.1 Å². The van der Waals surface area contributed by atoms with Gasteiger partial charge in [-0.15, -0.1) is 0 Å². The zero-order valence-electron chi connectivity index (χ0n) is 10.3. The Balaban J connectivity index is 1.99. The van der Waals surface area contributed by atoms with Gasteiger partial charge in [-0.3, -0.25) is 4.98 Å². The molecule has 1 heterocycles. The van der Waals surface area contributed by atoms with Crippen LogP contribution in [0, 0.1) is 6.07 Å². The molecular formula is C17H12NO. The highest BCUT2D eigenvalue weighted by Gasteiger charge is 2.06. The summed E-state index contributed by atoms with van der Waals surface area (Å²) in [6.45, 7) is 0. The van der Waals surface area contributed by atoms with E-state index in [1.54, 1.807) is 12.4 Å². The molecule has 0 saturated carbocycles. The molecule has 3 rings (SSSR count). The van der Waals surface area contributed by atoms with Gasteiger partial charge in [0.05, 0.1) is 0 Å². The minimum absolute atomic E-state index is 0.792. The summed E-state index contributed by atoms with van der Waals surface area (Å²) in [7, 11) is 0. The molecule has 0 saturated heterocycles. The van der Waals surface area contributed by atoms with Crippen LogP contribution in [0.2, 0.25) is 0 Å². The molecule has 91 valence electrons. The lowest BCUT2D eigenvalue weighted by molar-refractivity contribution is 0.484. The van der Waals surface area contributed by atoms with Gasteiger partial charge in [-0.1, -0.05) is 30.3 Å². The minimum Gasteiger partial charge on any atom is -0.457 e. The third-order valence-corrected chi connectivity index (χ3v) is 2.76. The van der Waals surface area contributed by atoms with Gasteiger partial charge >= 0.3 is 0 Å². The van der Waals surface area contributed by atoms with Crippen molar-refractivity contribution in [2.24, 2.45) is 0 Å². The Morgan fingerprint density at radius 2 is 1.63 bits per heavy atom. The molecule has 0 unspecified atom stereocenters. The number of rotatable bonds is 3. The predicted molar refractivity (Wildman–Crippen MR) is 75.0 cm³/mol. The van der Waals surface area contributed by atoms with Crippen LogP contribution in [0.5, 0.6) is 11.5 Å². The Kier molecular flexibility index (Phi) is 3.24. The van der Waals surface area contributed by atoms with Crippen LogP contribution in [-0.2, 0) is 0 Å². The lowest BCUT2D eigenvalue weighted by Crippen LogP contribution is -1.88. The first-order chi connectivity index (χ1) is 9.43. The molecule has 0 bridgehead atoms. The SMILES string of the molecule is [c]1cccc(Oc2ccccc2)c1-c1ccncc1. The molecule has 0 aliphatic rings. The Morgan fingerprint density at radius 3 is 2.42 bits per heavy atom. The van der Waals surface area contributed by atoms with Crippen molar-refractivity contribution in [2.75, 3.05) is 0 Å². The van der Waals surface area contributed by atoms with Gasteiger partial charge in [0.2, 0.25) is 0 Å². The molecule has 2 nitrogen and oxygen atoms in total. The summed E-state index contributed by atoms with van der Waals surface area (Å²) in [6, 6.07) is 22.6.